The molecule has 0 spiro atoms. The number of halogens is 2. The zero-order valence-corrected chi connectivity index (χ0v) is 14.1. The van der Waals surface area contributed by atoms with Gasteiger partial charge in [-0.1, -0.05) is 37.0 Å². The fourth-order valence-electron chi connectivity index (χ4n) is 1.91. The predicted octanol–water partition coefficient (Wildman–Crippen LogP) is 3.09. The highest BCUT2D eigenvalue weighted by Gasteiger charge is 2.24. The van der Waals surface area contributed by atoms with Crippen LogP contribution in [0.4, 0.5) is 0 Å². The zero-order chi connectivity index (χ0) is 17.1. The lowest BCUT2D eigenvalue weighted by Gasteiger charge is -2.09. The number of amides is 1. The van der Waals surface area contributed by atoms with Crippen LogP contribution in [0, 0.1) is 5.92 Å². The van der Waals surface area contributed by atoms with Gasteiger partial charge in [0.05, 0.1) is 18.5 Å². The zero-order valence-electron chi connectivity index (χ0n) is 12.5. The van der Waals surface area contributed by atoms with Crippen LogP contribution in [0.25, 0.3) is 5.69 Å². The van der Waals surface area contributed by atoms with Crippen molar-refractivity contribution in [3.05, 3.63) is 45.7 Å². The third-order valence-electron chi connectivity index (χ3n) is 2.86. The smallest absolute Gasteiger partial charge is 0.342 e. The van der Waals surface area contributed by atoms with Crippen molar-refractivity contribution < 1.29 is 14.3 Å². The van der Waals surface area contributed by atoms with Crippen molar-refractivity contribution in [2.45, 2.75) is 13.8 Å². The Hall–Kier alpha value is -2.05. The number of esters is 1. The van der Waals surface area contributed by atoms with Gasteiger partial charge in [0.1, 0.15) is 11.3 Å². The molecule has 1 aromatic heterocycles. The van der Waals surface area contributed by atoms with Gasteiger partial charge in [-0.2, -0.15) is 5.10 Å². The van der Waals surface area contributed by atoms with Gasteiger partial charge in [-0.05, 0) is 24.1 Å². The van der Waals surface area contributed by atoms with Crippen LogP contribution in [0.3, 0.4) is 0 Å². The van der Waals surface area contributed by atoms with Crippen LogP contribution in [0.15, 0.2) is 24.4 Å². The Bertz CT molecular complexity index is 736. The van der Waals surface area contributed by atoms with E-state index in [-0.39, 0.29) is 23.8 Å². The number of rotatable bonds is 5. The molecule has 0 aliphatic rings. The molecule has 0 saturated heterocycles. The normalized spacial score (nSPS) is 10.8. The van der Waals surface area contributed by atoms with E-state index in [4.69, 9.17) is 33.7 Å². The Balaban J connectivity index is 2.46. The van der Waals surface area contributed by atoms with Gasteiger partial charge < -0.3 is 10.5 Å². The summed E-state index contributed by atoms with van der Waals surface area (Å²) >= 11 is 11.9. The number of primary amides is 1. The van der Waals surface area contributed by atoms with E-state index in [0.29, 0.717) is 15.7 Å². The van der Waals surface area contributed by atoms with Gasteiger partial charge in [-0.15, -0.1) is 0 Å². The van der Waals surface area contributed by atoms with Crippen molar-refractivity contribution in [3.8, 4) is 5.69 Å². The van der Waals surface area contributed by atoms with E-state index in [2.05, 4.69) is 5.10 Å². The molecule has 0 radical (unpaired) electrons. The molecule has 6 nitrogen and oxygen atoms in total. The first-order valence-corrected chi connectivity index (χ1v) is 7.56. The highest BCUT2D eigenvalue weighted by molar-refractivity contribution is 6.34. The number of benzene rings is 1. The van der Waals surface area contributed by atoms with Gasteiger partial charge in [0, 0.05) is 10.0 Å². The number of ether oxygens (including phenoxy) is 1. The van der Waals surface area contributed by atoms with Crippen molar-refractivity contribution in [1.82, 2.24) is 9.78 Å². The lowest BCUT2D eigenvalue weighted by molar-refractivity contribution is 0.0456. The summed E-state index contributed by atoms with van der Waals surface area (Å²) in [6.07, 6.45) is 1.23. The highest BCUT2D eigenvalue weighted by Crippen LogP contribution is 2.23. The molecular formula is C15H15Cl2N3O3. The van der Waals surface area contributed by atoms with E-state index in [0.717, 1.165) is 0 Å². The number of hydrogen-bond donors (Lipinski definition) is 1. The first-order valence-electron chi connectivity index (χ1n) is 6.81. The molecule has 122 valence electrons. The minimum atomic E-state index is -0.810. The standard InChI is InChI=1S/C15H15Cl2N3O3/c1-8(2)7-23-15(22)12-6-19-20(13(12)14(18)21)11-4-9(16)3-10(17)5-11/h3-6,8H,7H2,1-2H3,(H2,18,21). The largest absolute Gasteiger partial charge is 0.462 e. The second kappa shape index (κ2) is 7.02. The molecular weight excluding hydrogens is 341 g/mol. The lowest BCUT2D eigenvalue weighted by atomic mass is 10.2. The minimum absolute atomic E-state index is 0.00533. The maximum absolute atomic E-state index is 12.1. The molecule has 1 aromatic carbocycles. The first-order chi connectivity index (χ1) is 10.8. The van der Waals surface area contributed by atoms with Gasteiger partial charge >= 0.3 is 5.97 Å². The second-order valence-corrected chi connectivity index (χ2v) is 6.18. The Morgan fingerprint density at radius 1 is 1.26 bits per heavy atom. The molecule has 2 aromatic rings. The molecule has 1 amide bonds. The van der Waals surface area contributed by atoms with Crippen LogP contribution in [0.5, 0.6) is 0 Å². The summed E-state index contributed by atoms with van der Waals surface area (Å²) in [5.41, 5.74) is 5.72. The van der Waals surface area contributed by atoms with Crippen molar-refractivity contribution in [1.29, 1.82) is 0 Å². The van der Waals surface area contributed by atoms with Gasteiger partial charge in [0.2, 0.25) is 0 Å². The van der Waals surface area contributed by atoms with Crippen LogP contribution in [0.1, 0.15) is 34.7 Å². The summed E-state index contributed by atoms with van der Waals surface area (Å²) in [7, 11) is 0. The fraction of sp³-hybridized carbons (Fsp3) is 0.267. The Morgan fingerprint density at radius 3 is 2.39 bits per heavy atom. The topological polar surface area (TPSA) is 87.2 Å². The quantitative estimate of drug-likeness (QED) is 0.834. The van der Waals surface area contributed by atoms with Gasteiger partial charge in [0.15, 0.2) is 0 Å². The fourth-order valence-corrected chi connectivity index (χ4v) is 2.43. The van der Waals surface area contributed by atoms with Crippen LogP contribution in [-0.2, 0) is 4.74 Å². The second-order valence-electron chi connectivity index (χ2n) is 5.30. The summed E-state index contributed by atoms with van der Waals surface area (Å²) in [4.78, 5) is 23.9. The Kier molecular flexibility index (Phi) is 5.28. The molecule has 0 aliphatic heterocycles. The van der Waals surface area contributed by atoms with Crippen LogP contribution in [-0.4, -0.2) is 28.3 Å². The van der Waals surface area contributed by atoms with E-state index >= 15 is 0 Å². The Morgan fingerprint density at radius 2 is 1.87 bits per heavy atom. The summed E-state index contributed by atoms with van der Waals surface area (Å²) in [5.74, 6) is -1.31. The third-order valence-corrected chi connectivity index (χ3v) is 3.30. The molecule has 0 unspecified atom stereocenters. The molecule has 0 bridgehead atoms. The highest BCUT2D eigenvalue weighted by atomic mass is 35.5. The van der Waals surface area contributed by atoms with E-state index in [9.17, 15) is 9.59 Å². The molecule has 23 heavy (non-hydrogen) atoms. The maximum atomic E-state index is 12.1. The molecule has 8 heteroatoms. The predicted molar refractivity (Wildman–Crippen MR) is 87.2 cm³/mol. The molecule has 0 fully saturated rings. The van der Waals surface area contributed by atoms with Crippen molar-refractivity contribution in [2.75, 3.05) is 6.61 Å². The molecule has 1 heterocycles. The first kappa shape index (κ1) is 17.3. The van der Waals surface area contributed by atoms with Crippen LogP contribution < -0.4 is 5.73 Å². The number of carbonyl (C=O) groups is 2. The average molecular weight is 356 g/mol. The minimum Gasteiger partial charge on any atom is -0.462 e. The molecule has 0 aliphatic carbocycles. The summed E-state index contributed by atoms with van der Waals surface area (Å²) in [6, 6.07) is 4.64. The van der Waals surface area contributed by atoms with E-state index in [1.54, 1.807) is 12.1 Å². The number of nitrogens with zero attached hydrogens (tertiary/aromatic N) is 2. The number of carbonyl (C=O) groups excluding carboxylic acids is 2. The van der Waals surface area contributed by atoms with Crippen molar-refractivity contribution in [3.63, 3.8) is 0 Å². The van der Waals surface area contributed by atoms with Crippen LogP contribution >= 0.6 is 23.2 Å². The number of aromatic nitrogens is 2. The summed E-state index contributed by atoms with van der Waals surface area (Å²) in [5, 5.41) is 4.76. The van der Waals surface area contributed by atoms with E-state index in [1.165, 1.54) is 16.9 Å². The van der Waals surface area contributed by atoms with E-state index in [1.807, 2.05) is 13.8 Å². The average Bonchev–Trinajstić information content (AvgIpc) is 2.88. The van der Waals surface area contributed by atoms with Crippen molar-refractivity contribution in [2.24, 2.45) is 11.7 Å². The number of nitrogens with two attached hydrogens (primary N) is 1. The van der Waals surface area contributed by atoms with Crippen LogP contribution in [0.2, 0.25) is 10.0 Å². The molecule has 2 rings (SSSR count). The third kappa shape index (κ3) is 4.03. The van der Waals surface area contributed by atoms with Gasteiger partial charge in [0.25, 0.3) is 5.91 Å². The van der Waals surface area contributed by atoms with E-state index < -0.39 is 11.9 Å². The van der Waals surface area contributed by atoms with Crippen molar-refractivity contribution >= 4 is 35.1 Å². The number of hydrogen-bond acceptors (Lipinski definition) is 4. The Labute approximate surface area is 143 Å². The molecule has 0 saturated carbocycles. The summed E-state index contributed by atoms with van der Waals surface area (Å²) < 4.78 is 6.34. The molecule has 0 atom stereocenters. The van der Waals surface area contributed by atoms with Gasteiger partial charge in [-0.25, -0.2) is 9.48 Å². The molecule has 2 N–H and O–H groups in total. The van der Waals surface area contributed by atoms with Gasteiger partial charge in [-0.3, -0.25) is 4.79 Å². The lowest BCUT2D eigenvalue weighted by Crippen LogP contribution is -2.21. The monoisotopic (exact) mass is 355 g/mol. The SMILES string of the molecule is CC(C)COC(=O)c1cnn(-c2cc(Cl)cc(Cl)c2)c1C(N)=O. The summed E-state index contributed by atoms with van der Waals surface area (Å²) in [6.45, 7) is 4.03. The maximum Gasteiger partial charge on any atom is 0.342 e.